The van der Waals surface area contributed by atoms with Gasteiger partial charge in [0.25, 0.3) is 0 Å². The van der Waals surface area contributed by atoms with Gasteiger partial charge in [-0.2, -0.15) is 0 Å². The average Bonchev–Trinajstić information content (AvgIpc) is 2.46. The quantitative estimate of drug-likeness (QED) is 0.762. The second-order valence-corrected chi connectivity index (χ2v) is 5.58. The Morgan fingerprint density at radius 1 is 1.24 bits per heavy atom. The smallest absolute Gasteiger partial charge is 0.133 e. The fourth-order valence-electron chi connectivity index (χ4n) is 2.57. The molecule has 0 aromatic heterocycles. The van der Waals surface area contributed by atoms with Gasteiger partial charge in [-0.1, -0.05) is 19.9 Å². The lowest BCUT2D eigenvalue weighted by molar-refractivity contribution is -0.0578. The van der Waals surface area contributed by atoms with Crippen molar-refractivity contribution < 1.29 is 13.5 Å². The minimum Gasteiger partial charge on any atom is -0.374 e. The van der Waals surface area contributed by atoms with Crippen molar-refractivity contribution in [2.45, 2.75) is 59.1 Å². The Bertz CT molecular complexity index is 464. The first-order chi connectivity index (χ1) is 9.91. The third kappa shape index (κ3) is 4.01. The predicted octanol–water partition coefficient (Wildman–Crippen LogP) is 4.52. The normalized spacial score (nSPS) is 15.8. The molecule has 2 nitrogen and oxygen atoms in total. The highest BCUT2D eigenvalue weighted by atomic mass is 19.1. The van der Waals surface area contributed by atoms with Gasteiger partial charge >= 0.3 is 0 Å². The number of rotatable bonds is 8. The zero-order chi connectivity index (χ0) is 16.0. The van der Waals surface area contributed by atoms with E-state index >= 15 is 0 Å². The van der Waals surface area contributed by atoms with Crippen molar-refractivity contribution in [3.05, 3.63) is 34.9 Å². The molecule has 1 N–H and O–H groups in total. The number of halogens is 2. The average molecular weight is 299 g/mol. The topological polar surface area (TPSA) is 21.3 Å². The first kappa shape index (κ1) is 18.1. The van der Waals surface area contributed by atoms with Crippen LogP contribution in [-0.2, 0) is 4.74 Å². The van der Waals surface area contributed by atoms with Gasteiger partial charge in [0.2, 0.25) is 0 Å². The molecule has 120 valence electrons. The van der Waals surface area contributed by atoms with Crippen LogP contribution < -0.4 is 5.32 Å². The van der Waals surface area contributed by atoms with E-state index in [1.165, 1.54) is 12.1 Å². The highest BCUT2D eigenvalue weighted by Crippen LogP contribution is 2.35. The number of ether oxygens (including phenoxy) is 1. The summed E-state index contributed by atoms with van der Waals surface area (Å²) < 4.78 is 34.6. The maximum Gasteiger partial charge on any atom is 0.133 e. The number of benzene rings is 1. The Morgan fingerprint density at radius 2 is 1.90 bits per heavy atom. The van der Waals surface area contributed by atoms with Gasteiger partial charge in [-0.05, 0) is 51.8 Å². The van der Waals surface area contributed by atoms with E-state index in [0.29, 0.717) is 25.1 Å². The molecule has 0 aliphatic carbocycles. The van der Waals surface area contributed by atoms with Crippen LogP contribution in [0.1, 0.15) is 57.7 Å². The van der Waals surface area contributed by atoms with Crippen molar-refractivity contribution in [3.8, 4) is 0 Å². The second kappa shape index (κ2) is 7.85. The van der Waals surface area contributed by atoms with Gasteiger partial charge in [0.1, 0.15) is 11.6 Å². The molecule has 0 fully saturated rings. The molecule has 0 radical (unpaired) electrons. The van der Waals surface area contributed by atoms with Gasteiger partial charge in [0.05, 0.1) is 11.6 Å². The summed E-state index contributed by atoms with van der Waals surface area (Å²) in [5.74, 6) is -1.01. The molecule has 0 aliphatic heterocycles. The van der Waals surface area contributed by atoms with Gasteiger partial charge in [0.15, 0.2) is 0 Å². The molecule has 0 aliphatic rings. The van der Waals surface area contributed by atoms with Crippen molar-refractivity contribution in [1.82, 2.24) is 5.32 Å². The summed E-state index contributed by atoms with van der Waals surface area (Å²) in [7, 11) is 0. The summed E-state index contributed by atoms with van der Waals surface area (Å²) in [6.07, 6.45) is 1.55. The van der Waals surface area contributed by atoms with Crippen molar-refractivity contribution in [1.29, 1.82) is 0 Å². The van der Waals surface area contributed by atoms with Crippen molar-refractivity contribution in [3.63, 3.8) is 0 Å². The minimum atomic E-state index is -0.653. The molecule has 0 spiro atoms. The zero-order valence-corrected chi connectivity index (χ0v) is 13.7. The molecule has 1 aromatic carbocycles. The van der Waals surface area contributed by atoms with Crippen LogP contribution in [0.25, 0.3) is 0 Å². The summed E-state index contributed by atoms with van der Waals surface area (Å²) in [5, 5.41) is 3.27. The third-order valence-electron chi connectivity index (χ3n) is 3.99. The lowest BCUT2D eigenvalue weighted by atomic mass is 9.86. The monoisotopic (exact) mass is 299 g/mol. The molecule has 0 saturated heterocycles. The van der Waals surface area contributed by atoms with Crippen molar-refractivity contribution >= 4 is 0 Å². The van der Waals surface area contributed by atoms with Crippen molar-refractivity contribution in [2.75, 3.05) is 13.2 Å². The lowest BCUT2D eigenvalue weighted by Gasteiger charge is -2.38. The van der Waals surface area contributed by atoms with E-state index in [1.807, 2.05) is 27.7 Å². The van der Waals surface area contributed by atoms with Gasteiger partial charge in [-0.3, -0.25) is 0 Å². The molecule has 2 unspecified atom stereocenters. The molecular weight excluding hydrogens is 272 g/mol. The summed E-state index contributed by atoms with van der Waals surface area (Å²) in [4.78, 5) is 0. The van der Waals surface area contributed by atoms with Crippen LogP contribution in [-0.4, -0.2) is 18.8 Å². The van der Waals surface area contributed by atoms with Crippen molar-refractivity contribution in [2.24, 2.45) is 0 Å². The van der Waals surface area contributed by atoms with E-state index in [9.17, 15) is 8.78 Å². The maximum atomic E-state index is 14.5. The van der Waals surface area contributed by atoms with E-state index in [0.717, 1.165) is 6.42 Å². The number of aryl methyl sites for hydroxylation is 1. The van der Waals surface area contributed by atoms with Crippen LogP contribution >= 0.6 is 0 Å². The summed E-state index contributed by atoms with van der Waals surface area (Å²) in [6, 6.07) is 2.29. The third-order valence-corrected chi connectivity index (χ3v) is 3.99. The SMILES string of the molecule is CCCNC(c1c(F)ccc(C)c1F)C(C)(CC)OCC. The van der Waals surface area contributed by atoms with Crippen LogP contribution in [0.3, 0.4) is 0 Å². The van der Waals surface area contributed by atoms with E-state index < -0.39 is 23.3 Å². The van der Waals surface area contributed by atoms with E-state index in [1.54, 1.807) is 6.92 Å². The Labute approximate surface area is 126 Å². The largest absolute Gasteiger partial charge is 0.374 e. The minimum absolute atomic E-state index is 0.0845. The molecular formula is C17H27F2NO. The number of nitrogens with one attached hydrogen (secondary N) is 1. The number of hydrogen-bond donors (Lipinski definition) is 1. The Morgan fingerprint density at radius 3 is 2.43 bits per heavy atom. The Hall–Kier alpha value is -1.00. The van der Waals surface area contributed by atoms with Crippen LogP contribution in [0.5, 0.6) is 0 Å². The van der Waals surface area contributed by atoms with Gasteiger partial charge in [-0.15, -0.1) is 0 Å². The molecule has 0 amide bonds. The second-order valence-electron chi connectivity index (χ2n) is 5.58. The van der Waals surface area contributed by atoms with Gasteiger partial charge in [-0.25, -0.2) is 8.78 Å². The molecule has 1 aromatic rings. The van der Waals surface area contributed by atoms with E-state index in [4.69, 9.17) is 4.74 Å². The molecule has 0 bridgehead atoms. The predicted molar refractivity (Wildman–Crippen MR) is 82.5 cm³/mol. The Balaban J connectivity index is 3.34. The number of hydrogen-bond acceptors (Lipinski definition) is 2. The van der Waals surface area contributed by atoms with E-state index in [2.05, 4.69) is 5.32 Å². The van der Waals surface area contributed by atoms with Crippen LogP contribution in [0, 0.1) is 18.6 Å². The maximum absolute atomic E-state index is 14.5. The molecule has 1 rings (SSSR count). The van der Waals surface area contributed by atoms with E-state index in [-0.39, 0.29) is 5.56 Å². The van der Waals surface area contributed by atoms with Crippen LogP contribution in [0.2, 0.25) is 0 Å². The summed E-state index contributed by atoms with van der Waals surface area (Å²) >= 11 is 0. The van der Waals surface area contributed by atoms with Gasteiger partial charge in [0, 0.05) is 12.2 Å². The first-order valence-corrected chi connectivity index (χ1v) is 7.73. The molecule has 0 saturated carbocycles. The van der Waals surface area contributed by atoms with Gasteiger partial charge < -0.3 is 10.1 Å². The summed E-state index contributed by atoms with van der Waals surface area (Å²) in [5.41, 5.74) is -0.120. The summed E-state index contributed by atoms with van der Waals surface area (Å²) in [6.45, 7) is 10.6. The lowest BCUT2D eigenvalue weighted by Crippen LogP contribution is -2.44. The molecule has 2 atom stereocenters. The highest BCUT2D eigenvalue weighted by Gasteiger charge is 2.37. The fourth-order valence-corrected chi connectivity index (χ4v) is 2.57. The molecule has 0 heterocycles. The Kier molecular flexibility index (Phi) is 6.75. The van der Waals surface area contributed by atoms with Crippen LogP contribution in [0.4, 0.5) is 8.78 Å². The zero-order valence-electron chi connectivity index (χ0n) is 13.7. The molecule has 21 heavy (non-hydrogen) atoms. The first-order valence-electron chi connectivity index (χ1n) is 7.73. The van der Waals surface area contributed by atoms with Crippen LogP contribution in [0.15, 0.2) is 12.1 Å². The molecule has 4 heteroatoms. The standard InChI is InChI=1S/C17H27F2NO/c1-6-11-20-16(17(5,7-2)21-8-3)14-13(18)10-9-12(4)15(14)19/h9-10,16,20H,6-8,11H2,1-5H3. The highest BCUT2D eigenvalue weighted by molar-refractivity contribution is 5.31. The fraction of sp³-hybridized carbons (Fsp3) is 0.647.